The number of hydrogen-bond donors (Lipinski definition) is 0. The Morgan fingerprint density at radius 2 is 1.67 bits per heavy atom. The summed E-state index contributed by atoms with van der Waals surface area (Å²) in [4.78, 5) is 7.70. The van der Waals surface area contributed by atoms with Gasteiger partial charge in [-0.15, -0.1) is 0 Å². The van der Waals surface area contributed by atoms with Gasteiger partial charge in [0.1, 0.15) is 0 Å². The number of halogens is 3. The SMILES string of the molecule is O=[N+]([O-])c1cc(F)c(S(=O)(=O)Cl)c(F)c1. The van der Waals surface area contributed by atoms with E-state index in [9.17, 15) is 27.3 Å². The normalized spacial score (nSPS) is 11.4. The highest BCUT2D eigenvalue weighted by atomic mass is 35.7. The summed E-state index contributed by atoms with van der Waals surface area (Å²) in [5, 5.41) is 10.2. The molecule has 0 aliphatic rings. The van der Waals surface area contributed by atoms with Gasteiger partial charge in [-0.05, 0) is 0 Å². The molecule has 0 N–H and O–H groups in total. The second-order valence-corrected chi connectivity index (χ2v) is 4.94. The van der Waals surface area contributed by atoms with Gasteiger partial charge in [-0.3, -0.25) is 10.1 Å². The zero-order valence-electron chi connectivity index (χ0n) is 6.78. The Hall–Kier alpha value is -1.28. The molecule has 1 aromatic rings. The molecule has 0 amide bonds. The van der Waals surface area contributed by atoms with E-state index in [1.54, 1.807) is 0 Å². The number of nitro groups is 1. The second-order valence-electron chi connectivity index (χ2n) is 2.43. The summed E-state index contributed by atoms with van der Waals surface area (Å²) in [6.07, 6.45) is 0. The molecule has 1 rings (SSSR count). The van der Waals surface area contributed by atoms with E-state index in [4.69, 9.17) is 10.7 Å². The van der Waals surface area contributed by atoms with Gasteiger partial charge in [0.15, 0.2) is 16.5 Å². The lowest BCUT2D eigenvalue weighted by Crippen LogP contribution is -2.01. The summed E-state index contributed by atoms with van der Waals surface area (Å²) in [6, 6.07) is 0.552. The van der Waals surface area contributed by atoms with E-state index in [1.807, 2.05) is 0 Å². The number of nitro benzene ring substituents is 1. The van der Waals surface area contributed by atoms with Crippen molar-refractivity contribution >= 4 is 25.4 Å². The molecule has 0 aromatic heterocycles. The Labute approximate surface area is 86.8 Å². The first kappa shape index (κ1) is 11.8. The maximum Gasteiger partial charge on any atom is 0.275 e. The number of hydrogen-bond acceptors (Lipinski definition) is 4. The zero-order valence-corrected chi connectivity index (χ0v) is 8.35. The zero-order chi connectivity index (χ0) is 11.8. The molecule has 0 spiro atoms. The number of rotatable bonds is 2. The van der Waals surface area contributed by atoms with Crippen molar-refractivity contribution in [3.8, 4) is 0 Å². The van der Waals surface area contributed by atoms with E-state index >= 15 is 0 Å². The maximum atomic E-state index is 13.0. The molecule has 15 heavy (non-hydrogen) atoms. The van der Waals surface area contributed by atoms with Crippen molar-refractivity contribution in [3.63, 3.8) is 0 Å². The third-order valence-electron chi connectivity index (χ3n) is 1.44. The Morgan fingerprint density at radius 3 is 1.93 bits per heavy atom. The van der Waals surface area contributed by atoms with E-state index < -0.39 is 36.2 Å². The molecular weight excluding hydrogens is 256 g/mol. The van der Waals surface area contributed by atoms with Gasteiger partial charge in [0.25, 0.3) is 14.7 Å². The molecule has 0 saturated heterocycles. The van der Waals surface area contributed by atoms with Crippen LogP contribution in [-0.2, 0) is 9.05 Å². The average Bonchev–Trinajstić information content (AvgIpc) is 1.99. The molecule has 0 saturated carbocycles. The van der Waals surface area contributed by atoms with Crippen LogP contribution in [0.25, 0.3) is 0 Å². The van der Waals surface area contributed by atoms with Gasteiger partial charge in [0, 0.05) is 10.7 Å². The van der Waals surface area contributed by atoms with Crippen LogP contribution >= 0.6 is 10.7 Å². The molecule has 0 unspecified atom stereocenters. The van der Waals surface area contributed by atoms with Gasteiger partial charge >= 0.3 is 0 Å². The Balaban J connectivity index is 3.55. The largest absolute Gasteiger partial charge is 0.275 e. The third-order valence-corrected chi connectivity index (χ3v) is 2.78. The molecule has 1 aromatic carbocycles. The minimum atomic E-state index is -4.61. The van der Waals surface area contributed by atoms with Crippen LogP contribution < -0.4 is 0 Å². The van der Waals surface area contributed by atoms with Gasteiger partial charge in [-0.1, -0.05) is 0 Å². The molecule has 0 aliphatic heterocycles. The summed E-state index contributed by atoms with van der Waals surface area (Å²) in [5.74, 6) is -3.20. The Bertz CT molecular complexity index is 507. The highest BCUT2D eigenvalue weighted by Crippen LogP contribution is 2.26. The number of non-ortho nitro benzene ring substituents is 1. The monoisotopic (exact) mass is 257 g/mol. The molecule has 9 heteroatoms. The van der Waals surface area contributed by atoms with Gasteiger partial charge in [-0.25, -0.2) is 17.2 Å². The highest BCUT2D eigenvalue weighted by Gasteiger charge is 2.25. The fraction of sp³-hybridized carbons (Fsp3) is 0. The van der Waals surface area contributed by atoms with Crippen LogP contribution in [0.4, 0.5) is 14.5 Å². The van der Waals surface area contributed by atoms with Crippen LogP contribution in [0, 0.1) is 21.7 Å². The van der Waals surface area contributed by atoms with Crippen molar-refractivity contribution in [1.82, 2.24) is 0 Å². The van der Waals surface area contributed by atoms with Gasteiger partial charge in [0.2, 0.25) is 0 Å². The number of nitrogens with zero attached hydrogens (tertiary/aromatic N) is 1. The summed E-state index contributed by atoms with van der Waals surface area (Å²) >= 11 is 0. The van der Waals surface area contributed by atoms with Crippen molar-refractivity contribution in [2.45, 2.75) is 4.90 Å². The molecule has 0 aliphatic carbocycles. The van der Waals surface area contributed by atoms with Gasteiger partial charge < -0.3 is 0 Å². The van der Waals surface area contributed by atoms with E-state index in [0.29, 0.717) is 0 Å². The Morgan fingerprint density at radius 1 is 1.27 bits per heavy atom. The smallest absolute Gasteiger partial charge is 0.258 e. The van der Waals surface area contributed by atoms with E-state index in [0.717, 1.165) is 0 Å². The van der Waals surface area contributed by atoms with Crippen LogP contribution in [0.15, 0.2) is 17.0 Å². The molecule has 0 atom stereocenters. The highest BCUT2D eigenvalue weighted by molar-refractivity contribution is 8.13. The fourth-order valence-corrected chi connectivity index (χ4v) is 1.91. The minimum absolute atomic E-state index is 0.276. The van der Waals surface area contributed by atoms with Crippen molar-refractivity contribution in [2.75, 3.05) is 0 Å². The summed E-state index contributed by atoms with van der Waals surface area (Å²) < 4.78 is 47.3. The van der Waals surface area contributed by atoms with E-state index in [2.05, 4.69) is 0 Å². The lowest BCUT2D eigenvalue weighted by molar-refractivity contribution is -0.385. The summed E-state index contributed by atoms with van der Waals surface area (Å²) in [5.41, 5.74) is -0.894. The standard InChI is InChI=1S/C6H2ClF2NO4S/c7-15(13,14)6-4(8)1-3(10(11)12)2-5(6)9/h1-2H. The van der Waals surface area contributed by atoms with Crippen molar-refractivity contribution in [3.05, 3.63) is 33.9 Å². The van der Waals surface area contributed by atoms with Gasteiger partial charge in [-0.2, -0.15) is 0 Å². The van der Waals surface area contributed by atoms with Gasteiger partial charge in [0.05, 0.1) is 17.1 Å². The lowest BCUT2D eigenvalue weighted by Gasteiger charge is -2.00. The molecule has 5 nitrogen and oxygen atoms in total. The third kappa shape index (κ3) is 2.39. The average molecular weight is 258 g/mol. The molecule has 0 heterocycles. The van der Waals surface area contributed by atoms with Crippen LogP contribution in [0.1, 0.15) is 0 Å². The predicted molar refractivity (Wildman–Crippen MR) is 46.1 cm³/mol. The fourth-order valence-electron chi connectivity index (χ4n) is 0.885. The van der Waals surface area contributed by atoms with Crippen molar-refractivity contribution < 1.29 is 22.1 Å². The molecule has 0 radical (unpaired) electrons. The summed E-state index contributed by atoms with van der Waals surface area (Å²) in [7, 11) is 0.116. The minimum Gasteiger partial charge on any atom is -0.258 e. The maximum absolute atomic E-state index is 13.0. The Kier molecular flexibility index (Phi) is 2.91. The first-order valence-corrected chi connectivity index (χ1v) is 5.62. The molecular formula is C6H2ClF2NO4S. The first-order chi connectivity index (χ1) is 6.73. The number of benzene rings is 1. The predicted octanol–water partition coefficient (Wildman–Crippen LogP) is 1.80. The van der Waals surface area contributed by atoms with Crippen LogP contribution in [0.3, 0.4) is 0 Å². The van der Waals surface area contributed by atoms with Crippen LogP contribution in [0.5, 0.6) is 0 Å². The van der Waals surface area contributed by atoms with Crippen LogP contribution in [0.2, 0.25) is 0 Å². The van der Waals surface area contributed by atoms with E-state index in [-0.39, 0.29) is 12.1 Å². The van der Waals surface area contributed by atoms with Crippen molar-refractivity contribution in [1.29, 1.82) is 0 Å². The molecule has 82 valence electrons. The first-order valence-electron chi connectivity index (χ1n) is 3.31. The molecule has 0 fully saturated rings. The van der Waals surface area contributed by atoms with Crippen molar-refractivity contribution in [2.24, 2.45) is 0 Å². The topological polar surface area (TPSA) is 77.3 Å². The lowest BCUT2D eigenvalue weighted by atomic mass is 10.3. The quantitative estimate of drug-likeness (QED) is 0.460. The van der Waals surface area contributed by atoms with E-state index in [1.165, 1.54) is 0 Å². The molecule has 0 bridgehead atoms. The summed E-state index contributed by atoms with van der Waals surface area (Å²) in [6.45, 7) is 0. The second kappa shape index (κ2) is 3.70. The van der Waals surface area contributed by atoms with Crippen LogP contribution in [-0.4, -0.2) is 13.3 Å².